The number of nitrogens with two attached hydrogens (primary N) is 1. The van der Waals surface area contributed by atoms with Gasteiger partial charge < -0.3 is 10.6 Å². The zero-order chi connectivity index (χ0) is 13.0. The molecule has 1 aromatic rings. The van der Waals surface area contributed by atoms with E-state index in [9.17, 15) is 4.21 Å². The molecule has 0 bridgehead atoms. The molecule has 0 spiro atoms. The van der Waals surface area contributed by atoms with Gasteiger partial charge in [0.15, 0.2) is 0 Å². The molecule has 0 aliphatic carbocycles. The number of aryl methyl sites for hydroxylation is 1. The van der Waals surface area contributed by atoms with E-state index in [-0.39, 0.29) is 0 Å². The number of nitrogens with zero attached hydrogens (tertiary/aromatic N) is 1. The lowest BCUT2D eigenvalue weighted by Crippen LogP contribution is -2.21. The van der Waals surface area contributed by atoms with Crippen LogP contribution in [0.2, 0.25) is 0 Å². The number of hydrogen-bond donors (Lipinski definition) is 1. The van der Waals surface area contributed by atoms with Gasteiger partial charge in [0.1, 0.15) is 0 Å². The van der Waals surface area contributed by atoms with Gasteiger partial charge in [0.2, 0.25) is 0 Å². The molecule has 4 heteroatoms. The predicted octanol–water partition coefficient (Wildman–Crippen LogP) is 2.17. The summed E-state index contributed by atoms with van der Waals surface area (Å²) in [7, 11) is -0.957. The highest BCUT2D eigenvalue weighted by atomic mass is 32.2. The van der Waals surface area contributed by atoms with Gasteiger partial charge in [-0.1, -0.05) is 6.07 Å². The number of likely N-dealkylation sites (tertiary alicyclic amines) is 1. The summed E-state index contributed by atoms with van der Waals surface area (Å²) in [5.74, 6) is 0.712. The van der Waals surface area contributed by atoms with E-state index in [0.717, 1.165) is 23.4 Å². The van der Waals surface area contributed by atoms with Gasteiger partial charge in [-0.3, -0.25) is 4.21 Å². The summed E-state index contributed by atoms with van der Waals surface area (Å²) in [6, 6.07) is 5.75. The Morgan fingerprint density at radius 2 is 2.06 bits per heavy atom. The molecule has 1 saturated heterocycles. The smallest absolute Gasteiger partial charge is 0.0620 e. The number of nitrogen functional groups attached to an aromatic ring is 1. The Balaban J connectivity index is 1.85. The van der Waals surface area contributed by atoms with Crippen LogP contribution in [-0.4, -0.2) is 34.5 Å². The first kappa shape index (κ1) is 13.6. The van der Waals surface area contributed by atoms with Crippen molar-refractivity contribution in [2.75, 3.05) is 31.1 Å². The van der Waals surface area contributed by atoms with Gasteiger partial charge >= 0.3 is 0 Å². The molecule has 3 nitrogen and oxygen atoms in total. The normalized spacial score (nSPS) is 18.1. The van der Waals surface area contributed by atoms with Crippen LogP contribution in [0.15, 0.2) is 23.1 Å². The van der Waals surface area contributed by atoms with Crippen molar-refractivity contribution >= 4 is 16.5 Å². The van der Waals surface area contributed by atoms with Crippen molar-refractivity contribution in [2.24, 2.45) is 0 Å². The van der Waals surface area contributed by atoms with Crippen LogP contribution in [0.4, 0.5) is 5.69 Å². The Labute approximate surface area is 112 Å². The standard InChI is InChI=1S/C14H22N2OS/c1-12-5-6-13(15)14(11-12)18(17)10-4-9-16-7-2-3-8-16/h5-6,11H,2-4,7-10,15H2,1H3. The second kappa shape index (κ2) is 6.34. The summed E-state index contributed by atoms with van der Waals surface area (Å²) in [5.41, 5.74) is 7.65. The van der Waals surface area contributed by atoms with Crippen molar-refractivity contribution in [3.63, 3.8) is 0 Å². The van der Waals surface area contributed by atoms with Crippen LogP contribution in [-0.2, 0) is 10.8 Å². The molecule has 18 heavy (non-hydrogen) atoms. The van der Waals surface area contributed by atoms with E-state index in [1.54, 1.807) is 0 Å². The van der Waals surface area contributed by atoms with E-state index < -0.39 is 10.8 Å². The van der Waals surface area contributed by atoms with E-state index in [2.05, 4.69) is 4.90 Å². The fourth-order valence-corrected chi connectivity index (χ4v) is 3.63. The van der Waals surface area contributed by atoms with Gasteiger partial charge in [0.05, 0.1) is 15.7 Å². The van der Waals surface area contributed by atoms with E-state index in [1.807, 2.05) is 25.1 Å². The van der Waals surface area contributed by atoms with E-state index in [4.69, 9.17) is 5.73 Å². The summed E-state index contributed by atoms with van der Waals surface area (Å²) in [6.45, 7) is 5.49. The van der Waals surface area contributed by atoms with Gasteiger partial charge in [0, 0.05) is 11.4 Å². The van der Waals surface area contributed by atoms with Crippen molar-refractivity contribution in [1.82, 2.24) is 4.90 Å². The summed E-state index contributed by atoms with van der Waals surface area (Å²) in [4.78, 5) is 3.26. The lowest BCUT2D eigenvalue weighted by molar-refractivity contribution is 0.340. The van der Waals surface area contributed by atoms with Gasteiger partial charge in [0.25, 0.3) is 0 Å². The van der Waals surface area contributed by atoms with Crippen LogP contribution in [0.5, 0.6) is 0 Å². The topological polar surface area (TPSA) is 46.3 Å². The maximum Gasteiger partial charge on any atom is 0.0620 e. The Kier molecular flexibility index (Phi) is 4.78. The first-order valence-corrected chi connectivity index (χ1v) is 7.95. The minimum atomic E-state index is -0.957. The van der Waals surface area contributed by atoms with Crippen LogP contribution in [0, 0.1) is 6.92 Å². The minimum absolute atomic E-state index is 0.653. The third-order valence-corrected chi connectivity index (χ3v) is 4.92. The summed E-state index contributed by atoms with van der Waals surface area (Å²) >= 11 is 0. The summed E-state index contributed by atoms with van der Waals surface area (Å²) in [6.07, 6.45) is 3.61. The van der Waals surface area contributed by atoms with Gasteiger partial charge in [-0.05, 0) is 63.5 Å². The highest BCUT2D eigenvalue weighted by Gasteiger charge is 2.12. The summed E-state index contributed by atoms with van der Waals surface area (Å²) < 4.78 is 12.2. The number of hydrogen-bond acceptors (Lipinski definition) is 3. The van der Waals surface area contributed by atoms with Crippen LogP contribution in [0.3, 0.4) is 0 Å². The molecule has 0 aromatic heterocycles. The quantitative estimate of drug-likeness (QED) is 0.831. The molecule has 0 saturated carbocycles. The van der Waals surface area contributed by atoms with Crippen LogP contribution < -0.4 is 5.73 Å². The molecule has 0 amide bonds. The predicted molar refractivity (Wildman–Crippen MR) is 77.2 cm³/mol. The first-order chi connectivity index (χ1) is 8.66. The average Bonchev–Trinajstić information content (AvgIpc) is 2.85. The van der Waals surface area contributed by atoms with Crippen LogP contribution >= 0.6 is 0 Å². The second-order valence-electron chi connectivity index (χ2n) is 4.99. The SMILES string of the molecule is Cc1ccc(N)c(S(=O)CCCN2CCCC2)c1. The molecule has 1 fully saturated rings. The Morgan fingerprint density at radius 3 is 2.78 bits per heavy atom. The van der Waals surface area contributed by atoms with Crippen molar-refractivity contribution in [2.45, 2.75) is 31.1 Å². The molecular formula is C14H22N2OS. The largest absolute Gasteiger partial charge is 0.398 e. The lowest BCUT2D eigenvalue weighted by atomic mass is 10.2. The van der Waals surface area contributed by atoms with Gasteiger partial charge in [-0.25, -0.2) is 0 Å². The zero-order valence-electron chi connectivity index (χ0n) is 11.0. The van der Waals surface area contributed by atoms with Crippen molar-refractivity contribution in [3.8, 4) is 0 Å². The molecular weight excluding hydrogens is 244 g/mol. The highest BCUT2D eigenvalue weighted by Crippen LogP contribution is 2.19. The molecule has 2 N–H and O–H groups in total. The lowest BCUT2D eigenvalue weighted by Gasteiger charge is -2.14. The molecule has 1 aliphatic heterocycles. The Hall–Kier alpha value is -0.870. The summed E-state index contributed by atoms with van der Waals surface area (Å²) in [5, 5.41) is 0. The van der Waals surface area contributed by atoms with Crippen molar-refractivity contribution in [3.05, 3.63) is 23.8 Å². The van der Waals surface area contributed by atoms with E-state index in [1.165, 1.54) is 25.9 Å². The molecule has 1 aliphatic rings. The third kappa shape index (κ3) is 3.56. The average molecular weight is 266 g/mol. The molecule has 1 atom stereocenters. The molecule has 100 valence electrons. The molecule has 0 radical (unpaired) electrons. The third-order valence-electron chi connectivity index (χ3n) is 3.42. The zero-order valence-corrected chi connectivity index (χ0v) is 11.8. The molecule has 1 heterocycles. The van der Waals surface area contributed by atoms with Crippen molar-refractivity contribution in [1.29, 1.82) is 0 Å². The second-order valence-corrected chi connectivity index (χ2v) is 6.53. The maximum absolute atomic E-state index is 12.2. The molecule has 1 unspecified atom stereocenters. The number of rotatable bonds is 5. The number of anilines is 1. The minimum Gasteiger partial charge on any atom is -0.398 e. The van der Waals surface area contributed by atoms with Gasteiger partial charge in [-0.2, -0.15) is 0 Å². The van der Waals surface area contributed by atoms with E-state index in [0.29, 0.717) is 11.4 Å². The highest BCUT2D eigenvalue weighted by molar-refractivity contribution is 7.85. The monoisotopic (exact) mass is 266 g/mol. The first-order valence-electron chi connectivity index (χ1n) is 6.63. The maximum atomic E-state index is 12.2. The Morgan fingerprint density at radius 1 is 1.33 bits per heavy atom. The fourth-order valence-electron chi connectivity index (χ4n) is 2.37. The fraction of sp³-hybridized carbons (Fsp3) is 0.571. The van der Waals surface area contributed by atoms with Crippen LogP contribution in [0.1, 0.15) is 24.8 Å². The van der Waals surface area contributed by atoms with Crippen LogP contribution in [0.25, 0.3) is 0 Å². The molecule has 1 aromatic carbocycles. The van der Waals surface area contributed by atoms with Gasteiger partial charge in [-0.15, -0.1) is 0 Å². The molecule has 2 rings (SSSR count). The Bertz CT molecular complexity index is 428. The van der Waals surface area contributed by atoms with E-state index >= 15 is 0 Å². The number of benzene rings is 1. The van der Waals surface area contributed by atoms with Crippen molar-refractivity contribution < 1.29 is 4.21 Å².